The molecule has 0 N–H and O–H groups in total. The van der Waals surface area contributed by atoms with Crippen LogP contribution in [-0.4, -0.2) is 14.5 Å². The third kappa shape index (κ3) is 1.91. The van der Waals surface area contributed by atoms with Gasteiger partial charge in [-0.25, -0.2) is 4.98 Å². The standard InChI is InChI=1S/C16H17N3/c1-11(2)12-6-4-5-7-13(12)15-16-14(8-9-17-15)19(3)10-18-16/h4-11H,1-3H3. The van der Waals surface area contributed by atoms with E-state index >= 15 is 0 Å². The molecule has 0 spiro atoms. The van der Waals surface area contributed by atoms with E-state index < -0.39 is 0 Å². The molecule has 0 aliphatic heterocycles. The predicted molar refractivity (Wildman–Crippen MR) is 78.0 cm³/mol. The molecule has 0 aliphatic rings. The third-order valence-electron chi connectivity index (χ3n) is 3.48. The average Bonchev–Trinajstić information content (AvgIpc) is 2.81. The van der Waals surface area contributed by atoms with Crippen LogP contribution in [0.4, 0.5) is 0 Å². The molecule has 19 heavy (non-hydrogen) atoms. The van der Waals surface area contributed by atoms with Gasteiger partial charge in [-0.15, -0.1) is 0 Å². The van der Waals surface area contributed by atoms with Crippen LogP contribution in [0.15, 0.2) is 42.9 Å². The molecular weight excluding hydrogens is 234 g/mol. The van der Waals surface area contributed by atoms with Crippen LogP contribution in [-0.2, 0) is 7.05 Å². The zero-order valence-electron chi connectivity index (χ0n) is 11.5. The quantitative estimate of drug-likeness (QED) is 0.694. The molecule has 3 nitrogen and oxygen atoms in total. The molecule has 0 amide bonds. The first-order chi connectivity index (χ1) is 9.18. The highest BCUT2D eigenvalue weighted by Crippen LogP contribution is 2.31. The normalized spacial score (nSPS) is 11.4. The Morgan fingerprint density at radius 3 is 2.63 bits per heavy atom. The second-order valence-electron chi connectivity index (χ2n) is 5.12. The van der Waals surface area contributed by atoms with Crippen LogP contribution >= 0.6 is 0 Å². The fourth-order valence-electron chi connectivity index (χ4n) is 2.48. The first-order valence-corrected chi connectivity index (χ1v) is 6.54. The van der Waals surface area contributed by atoms with Crippen molar-refractivity contribution in [3.63, 3.8) is 0 Å². The second kappa shape index (κ2) is 4.50. The summed E-state index contributed by atoms with van der Waals surface area (Å²) in [5, 5.41) is 0. The molecule has 0 fully saturated rings. The zero-order chi connectivity index (χ0) is 13.4. The molecule has 0 unspecified atom stereocenters. The largest absolute Gasteiger partial charge is 0.334 e. The third-order valence-corrected chi connectivity index (χ3v) is 3.48. The van der Waals surface area contributed by atoms with Crippen molar-refractivity contribution in [3.05, 3.63) is 48.4 Å². The number of hydrogen-bond donors (Lipinski definition) is 0. The lowest BCUT2D eigenvalue weighted by Gasteiger charge is -2.12. The number of aromatic nitrogens is 3. The van der Waals surface area contributed by atoms with Crippen molar-refractivity contribution in [1.29, 1.82) is 0 Å². The number of fused-ring (bicyclic) bond motifs is 1. The molecule has 2 heterocycles. The summed E-state index contributed by atoms with van der Waals surface area (Å²) in [6.07, 6.45) is 3.70. The first kappa shape index (κ1) is 11.9. The van der Waals surface area contributed by atoms with Gasteiger partial charge in [-0.05, 0) is 17.5 Å². The Balaban J connectivity index is 2.31. The molecule has 3 heteroatoms. The van der Waals surface area contributed by atoms with E-state index in [4.69, 9.17) is 0 Å². The van der Waals surface area contributed by atoms with Crippen molar-refractivity contribution < 1.29 is 0 Å². The number of nitrogens with zero attached hydrogens (tertiary/aromatic N) is 3. The van der Waals surface area contributed by atoms with Crippen molar-refractivity contribution in [2.24, 2.45) is 7.05 Å². The van der Waals surface area contributed by atoms with E-state index in [-0.39, 0.29) is 0 Å². The number of rotatable bonds is 2. The van der Waals surface area contributed by atoms with Crippen molar-refractivity contribution in [1.82, 2.24) is 14.5 Å². The summed E-state index contributed by atoms with van der Waals surface area (Å²) in [5.74, 6) is 0.469. The van der Waals surface area contributed by atoms with E-state index in [0.717, 1.165) is 16.7 Å². The molecule has 1 aromatic carbocycles. The minimum atomic E-state index is 0.469. The maximum atomic E-state index is 4.56. The molecule has 3 aromatic rings. The second-order valence-corrected chi connectivity index (χ2v) is 5.12. The van der Waals surface area contributed by atoms with E-state index in [1.807, 2.05) is 30.2 Å². The molecule has 0 aliphatic carbocycles. The van der Waals surface area contributed by atoms with Crippen molar-refractivity contribution in [2.75, 3.05) is 0 Å². The predicted octanol–water partition coefficient (Wildman–Crippen LogP) is 3.76. The summed E-state index contributed by atoms with van der Waals surface area (Å²) in [6, 6.07) is 10.4. The lowest BCUT2D eigenvalue weighted by Crippen LogP contribution is -1.95. The minimum Gasteiger partial charge on any atom is -0.334 e. The molecule has 0 radical (unpaired) electrons. The lowest BCUT2D eigenvalue weighted by atomic mass is 9.95. The Labute approximate surface area is 112 Å². The van der Waals surface area contributed by atoms with Gasteiger partial charge >= 0.3 is 0 Å². The Morgan fingerprint density at radius 1 is 1.05 bits per heavy atom. The van der Waals surface area contributed by atoms with Crippen LogP contribution in [0.5, 0.6) is 0 Å². The first-order valence-electron chi connectivity index (χ1n) is 6.54. The maximum absolute atomic E-state index is 4.56. The molecule has 0 saturated heterocycles. The van der Waals surface area contributed by atoms with Crippen molar-refractivity contribution >= 4 is 11.0 Å². The summed E-state index contributed by atoms with van der Waals surface area (Å²) in [4.78, 5) is 9.05. The summed E-state index contributed by atoms with van der Waals surface area (Å²) >= 11 is 0. The fraction of sp³-hybridized carbons (Fsp3) is 0.250. The number of hydrogen-bond acceptors (Lipinski definition) is 2. The number of pyridine rings is 1. The number of benzene rings is 1. The Morgan fingerprint density at radius 2 is 1.84 bits per heavy atom. The van der Waals surface area contributed by atoms with Gasteiger partial charge < -0.3 is 4.57 Å². The summed E-state index contributed by atoms with van der Waals surface area (Å²) in [5.41, 5.74) is 5.55. The van der Waals surface area contributed by atoms with Crippen molar-refractivity contribution in [2.45, 2.75) is 19.8 Å². The number of imidazole rings is 1. The highest BCUT2D eigenvalue weighted by atomic mass is 15.0. The topological polar surface area (TPSA) is 30.7 Å². The Bertz CT molecular complexity index is 726. The van der Waals surface area contributed by atoms with Gasteiger partial charge in [0.05, 0.1) is 17.5 Å². The highest BCUT2D eigenvalue weighted by Gasteiger charge is 2.13. The van der Waals surface area contributed by atoms with Crippen LogP contribution in [0.25, 0.3) is 22.3 Å². The van der Waals surface area contributed by atoms with Crippen molar-refractivity contribution in [3.8, 4) is 11.3 Å². The van der Waals surface area contributed by atoms with E-state index in [2.05, 4.69) is 48.1 Å². The molecule has 0 saturated carbocycles. The minimum absolute atomic E-state index is 0.469. The van der Waals surface area contributed by atoms with Gasteiger partial charge in [-0.3, -0.25) is 4.98 Å². The van der Waals surface area contributed by atoms with Gasteiger partial charge in [0.25, 0.3) is 0 Å². The van der Waals surface area contributed by atoms with Crippen LogP contribution in [0, 0.1) is 0 Å². The van der Waals surface area contributed by atoms with Gasteiger partial charge in [0.15, 0.2) is 0 Å². The molecule has 2 aromatic heterocycles. The van der Waals surface area contributed by atoms with E-state index in [1.165, 1.54) is 11.1 Å². The Hall–Kier alpha value is -2.16. The summed E-state index contributed by atoms with van der Waals surface area (Å²) in [7, 11) is 2.01. The highest BCUT2D eigenvalue weighted by molar-refractivity contribution is 5.90. The van der Waals surface area contributed by atoms with Gasteiger partial charge in [0.1, 0.15) is 5.52 Å². The molecule has 0 bridgehead atoms. The van der Waals surface area contributed by atoms with Crippen LogP contribution < -0.4 is 0 Å². The summed E-state index contributed by atoms with van der Waals surface area (Å²) in [6.45, 7) is 4.41. The maximum Gasteiger partial charge on any atom is 0.115 e. The lowest BCUT2D eigenvalue weighted by molar-refractivity contribution is 0.868. The zero-order valence-corrected chi connectivity index (χ0v) is 11.5. The van der Waals surface area contributed by atoms with Crippen LogP contribution in [0.2, 0.25) is 0 Å². The van der Waals surface area contributed by atoms with Gasteiger partial charge in [-0.2, -0.15) is 0 Å². The summed E-state index contributed by atoms with van der Waals surface area (Å²) < 4.78 is 2.03. The molecule has 0 atom stereocenters. The van der Waals surface area contributed by atoms with Crippen LogP contribution in [0.1, 0.15) is 25.3 Å². The van der Waals surface area contributed by atoms with E-state index in [9.17, 15) is 0 Å². The molecule has 96 valence electrons. The monoisotopic (exact) mass is 251 g/mol. The average molecular weight is 251 g/mol. The van der Waals surface area contributed by atoms with E-state index in [0.29, 0.717) is 5.92 Å². The smallest absolute Gasteiger partial charge is 0.115 e. The van der Waals surface area contributed by atoms with Gasteiger partial charge in [-0.1, -0.05) is 38.1 Å². The van der Waals surface area contributed by atoms with Crippen LogP contribution in [0.3, 0.4) is 0 Å². The van der Waals surface area contributed by atoms with Gasteiger partial charge in [0, 0.05) is 18.8 Å². The number of aryl methyl sites for hydroxylation is 1. The van der Waals surface area contributed by atoms with E-state index in [1.54, 1.807) is 0 Å². The Kier molecular flexibility index (Phi) is 2.82. The molecule has 3 rings (SSSR count). The van der Waals surface area contributed by atoms with Gasteiger partial charge in [0.2, 0.25) is 0 Å². The SMILES string of the molecule is CC(C)c1ccccc1-c1nccc2c1ncn2C. The fourth-order valence-corrected chi connectivity index (χ4v) is 2.48. The molecular formula is C16H17N3.